The Balaban J connectivity index is 2.97. The lowest BCUT2D eigenvalue weighted by molar-refractivity contribution is 0.949. The lowest BCUT2D eigenvalue weighted by Gasteiger charge is -2.08. The first-order chi connectivity index (χ1) is 7.19. The van der Waals surface area contributed by atoms with E-state index in [-0.39, 0.29) is 0 Å². The molecule has 0 aliphatic heterocycles. The third kappa shape index (κ3) is 3.11. The smallest absolute Gasteiger partial charge is 0.0994 e. The maximum atomic E-state index is 8.96. The second-order valence-electron chi connectivity index (χ2n) is 3.43. The maximum absolute atomic E-state index is 8.96. The molecule has 2 heteroatoms. The highest BCUT2D eigenvalue weighted by Crippen LogP contribution is 2.18. The molecule has 0 heterocycles. The van der Waals surface area contributed by atoms with Gasteiger partial charge in [0.05, 0.1) is 11.6 Å². The summed E-state index contributed by atoms with van der Waals surface area (Å²) < 4.78 is 0. The zero-order valence-corrected chi connectivity index (χ0v) is 9.64. The molecule has 0 unspecified atom stereocenters. The Bertz CT molecular complexity index is 401. The minimum atomic E-state index is 0.666. The normalized spacial score (nSPS) is 9.67. The minimum absolute atomic E-state index is 0.666. The van der Waals surface area contributed by atoms with Gasteiger partial charge in [-0.3, -0.25) is 0 Å². The van der Waals surface area contributed by atoms with Gasteiger partial charge in [-0.15, -0.1) is 0 Å². The quantitative estimate of drug-likeness (QED) is 0.756. The van der Waals surface area contributed by atoms with Crippen LogP contribution in [0.5, 0.6) is 0 Å². The molecule has 0 aromatic heterocycles. The van der Waals surface area contributed by atoms with Crippen molar-refractivity contribution in [1.82, 2.24) is 0 Å². The number of rotatable bonds is 4. The summed E-state index contributed by atoms with van der Waals surface area (Å²) in [6.07, 6.45) is 2.51. The van der Waals surface area contributed by atoms with Crippen molar-refractivity contribution in [3.05, 3.63) is 46.5 Å². The molecule has 0 radical (unpaired) electrons. The molecule has 0 spiro atoms. The van der Waals surface area contributed by atoms with E-state index in [1.165, 1.54) is 5.56 Å². The first kappa shape index (κ1) is 11.8. The molecule has 0 saturated heterocycles. The Morgan fingerprint density at radius 1 is 1.53 bits per heavy atom. The number of aryl methyl sites for hydroxylation is 1. The summed E-state index contributed by atoms with van der Waals surface area (Å²) in [6, 6.07) is 8.05. The van der Waals surface area contributed by atoms with Crippen LogP contribution in [0.2, 0.25) is 0 Å². The maximum Gasteiger partial charge on any atom is 0.0994 e. The standard InChI is InChI=1S/C13H14ClN/c1-3-13-11(8-7-10(2)14)5-4-6-12(13)9-15/h4-6H,2-3,7-8H2,1H3. The molecule has 0 bridgehead atoms. The summed E-state index contributed by atoms with van der Waals surface area (Å²) in [4.78, 5) is 0. The van der Waals surface area contributed by atoms with Crippen LogP contribution in [0.15, 0.2) is 29.8 Å². The van der Waals surface area contributed by atoms with Crippen molar-refractivity contribution in [2.24, 2.45) is 0 Å². The summed E-state index contributed by atoms with van der Waals surface area (Å²) in [5.41, 5.74) is 3.12. The van der Waals surface area contributed by atoms with Crippen molar-refractivity contribution in [3.8, 4) is 6.07 Å². The van der Waals surface area contributed by atoms with Gasteiger partial charge in [-0.25, -0.2) is 0 Å². The monoisotopic (exact) mass is 219 g/mol. The number of allylic oxidation sites excluding steroid dienone is 1. The zero-order chi connectivity index (χ0) is 11.3. The van der Waals surface area contributed by atoms with Crippen LogP contribution in [0.1, 0.15) is 30.0 Å². The fraction of sp³-hybridized carbons (Fsp3) is 0.308. The number of nitriles is 1. The van der Waals surface area contributed by atoms with Crippen molar-refractivity contribution >= 4 is 11.6 Å². The summed E-state index contributed by atoms with van der Waals surface area (Å²) in [7, 11) is 0. The van der Waals surface area contributed by atoms with E-state index in [1.807, 2.05) is 12.1 Å². The van der Waals surface area contributed by atoms with E-state index in [0.29, 0.717) is 5.03 Å². The van der Waals surface area contributed by atoms with Gasteiger partial charge in [0.2, 0.25) is 0 Å². The highest BCUT2D eigenvalue weighted by Gasteiger charge is 2.05. The van der Waals surface area contributed by atoms with Crippen molar-refractivity contribution in [2.45, 2.75) is 26.2 Å². The summed E-state index contributed by atoms with van der Waals surface area (Å²) in [5, 5.41) is 9.62. The Morgan fingerprint density at radius 2 is 2.27 bits per heavy atom. The molecule has 0 fully saturated rings. The van der Waals surface area contributed by atoms with E-state index < -0.39 is 0 Å². The van der Waals surface area contributed by atoms with Crippen molar-refractivity contribution < 1.29 is 0 Å². The van der Waals surface area contributed by atoms with Crippen LogP contribution in [0, 0.1) is 11.3 Å². The lowest BCUT2D eigenvalue weighted by Crippen LogP contribution is -1.96. The summed E-state index contributed by atoms with van der Waals surface area (Å²) in [5.74, 6) is 0. The van der Waals surface area contributed by atoms with Gasteiger partial charge >= 0.3 is 0 Å². The van der Waals surface area contributed by atoms with Crippen LogP contribution in [0.3, 0.4) is 0 Å². The second-order valence-corrected chi connectivity index (χ2v) is 3.96. The number of hydrogen-bond acceptors (Lipinski definition) is 1. The van der Waals surface area contributed by atoms with Crippen LogP contribution >= 0.6 is 11.6 Å². The van der Waals surface area contributed by atoms with Gasteiger partial charge in [0.25, 0.3) is 0 Å². The molecule has 78 valence electrons. The molecule has 1 nitrogen and oxygen atoms in total. The van der Waals surface area contributed by atoms with Crippen molar-refractivity contribution in [2.75, 3.05) is 0 Å². The highest BCUT2D eigenvalue weighted by atomic mass is 35.5. The molecule has 1 aromatic carbocycles. The van der Waals surface area contributed by atoms with Crippen LogP contribution in [-0.4, -0.2) is 0 Å². The van der Waals surface area contributed by atoms with Gasteiger partial charge < -0.3 is 0 Å². The fourth-order valence-electron chi connectivity index (χ4n) is 1.66. The summed E-state index contributed by atoms with van der Waals surface area (Å²) >= 11 is 5.74. The van der Waals surface area contributed by atoms with Gasteiger partial charge in [-0.05, 0) is 36.5 Å². The minimum Gasteiger partial charge on any atom is -0.192 e. The molecule has 0 amide bonds. The second kappa shape index (κ2) is 5.58. The third-order valence-electron chi connectivity index (χ3n) is 2.41. The largest absolute Gasteiger partial charge is 0.192 e. The molecular formula is C13H14ClN. The Labute approximate surface area is 96.0 Å². The molecule has 0 aliphatic carbocycles. The predicted molar refractivity (Wildman–Crippen MR) is 63.8 cm³/mol. The van der Waals surface area contributed by atoms with Crippen LogP contribution in [-0.2, 0) is 12.8 Å². The van der Waals surface area contributed by atoms with E-state index in [4.69, 9.17) is 16.9 Å². The van der Waals surface area contributed by atoms with E-state index in [2.05, 4.69) is 25.6 Å². The molecule has 1 aromatic rings. The molecule has 0 atom stereocenters. The van der Waals surface area contributed by atoms with Crippen LogP contribution in [0.4, 0.5) is 0 Å². The number of benzene rings is 1. The first-order valence-electron chi connectivity index (χ1n) is 5.03. The molecule has 0 N–H and O–H groups in total. The molecular weight excluding hydrogens is 206 g/mol. The highest BCUT2D eigenvalue weighted by molar-refractivity contribution is 6.29. The molecule has 0 saturated carbocycles. The average Bonchev–Trinajstić information content (AvgIpc) is 2.25. The average molecular weight is 220 g/mol. The van der Waals surface area contributed by atoms with Crippen LogP contribution in [0.25, 0.3) is 0 Å². The summed E-state index contributed by atoms with van der Waals surface area (Å²) in [6.45, 7) is 5.73. The molecule has 0 aliphatic rings. The van der Waals surface area contributed by atoms with E-state index in [0.717, 1.165) is 30.4 Å². The number of halogens is 1. The Morgan fingerprint density at radius 3 is 2.80 bits per heavy atom. The van der Waals surface area contributed by atoms with Gasteiger partial charge in [0, 0.05) is 5.03 Å². The van der Waals surface area contributed by atoms with E-state index in [1.54, 1.807) is 0 Å². The van der Waals surface area contributed by atoms with Crippen molar-refractivity contribution in [1.29, 1.82) is 5.26 Å². The van der Waals surface area contributed by atoms with Gasteiger partial charge in [0.1, 0.15) is 0 Å². The third-order valence-corrected chi connectivity index (χ3v) is 2.60. The fourth-order valence-corrected chi connectivity index (χ4v) is 1.76. The number of hydrogen-bond donors (Lipinski definition) is 0. The lowest BCUT2D eigenvalue weighted by atomic mass is 9.96. The van der Waals surface area contributed by atoms with Gasteiger partial charge in [-0.1, -0.05) is 37.2 Å². The molecule has 15 heavy (non-hydrogen) atoms. The van der Waals surface area contributed by atoms with Crippen LogP contribution < -0.4 is 0 Å². The predicted octanol–water partition coefficient (Wildman–Crippen LogP) is 3.81. The van der Waals surface area contributed by atoms with E-state index in [9.17, 15) is 0 Å². The Kier molecular flexibility index (Phi) is 4.39. The topological polar surface area (TPSA) is 23.8 Å². The first-order valence-corrected chi connectivity index (χ1v) is 5.41. The molecule has 1 rings (SSSR count). The zero-order valence-electron chi connectivity index (χ0n) is 8.89. The van der Waals surface area contributed by atoms with Gasteiger partial charge in [0.15, 0.2) is 0 Å². The van der Waals surface area contributed by atoms with Gasteiger partial charge in [-0.2, -0.15) is 5.26 Å². The SMILES string of the molecule is C=C(Cl)CCc1cccc(C#N)c1CC. The Hall–Kier alpha value is -1.26. The van der Waals surface area contributed by atoms with E-state index >= 15 is 0 Å². The number of nitrogens with zero attached hydrogens (tertiary/aromatic N) is 1. The van der Waals surface area contributed by atoms with Crippen molar-refractivity contribution in [3.63, 3.8) is 0 Å².